The van der Waals surface area contributed by atoms with Crippen molar-refractivity contribution >= 4 is 15.7 Å². The van der Waals surface area contributed by atoms with Crippen LogP contribution < -0.4 is 19.5 Å². The van der Waals surface area contributed by atoms with Crippen LogP contribution in [0.1, 0.15) is 12.0 Å². The maximum absolute atomic E-state index is 12.1. The second-order valence-corrected chi connectivity index (χ2v) is 7.58. The van der Waals surface area contributed by atoms with Crippen molar-refractivity contribution in [3.05, 3.63) is 17.7 Å². The fourth-order valence-electron chi connectivity index (χ4n) is 2.57. The van der Waals surface area contributed by atoms with Gasteiger partial charge in [0.2, 0.25) is 11.7 Å². The van der Waals surface area contributed by atoms with Crippen LogP contribution in [-0.4, -0.2) is 47.2 Å². The predicted octanol–water partition coefficient (Wildman–Crippen LogP) is 0.763. The first-order chi connectivity index (χ1) is 10.9. The Balaban J connectivity index is 2.07. The van der Waals surface area contributed by atoms with Crippen molar-refractivity contribution in [3.63, 3.8) is 0 Å². The molecule has 7 nitrogen and oxygen atoms in total. The molecule has 2 rings (SSSR count). The Bertz CT molecular complexity index is 660. The van der Waals surface area contributed by atoms with E-state index in [2.05, 4.69) is 5.32 Å². The molecule has 8 heteroatoms. The summed E-state index contributed by atoms with van der Waals surface area (Å²) in [5.74, 6) is 0.761. The highest BCUT2D eigenvalue weighted by atomic mass is 32.2. The topological polar surface area (TPSA) is 90.9 Å². The smallest absolute Gasteiger partial charge is 0.224 e. The minimum absolute atomic E-state index is 0.0753. The first kappa shape index (κ1) is 17.4. The summed E-state index contributed by atoms with van der Waals surface area (Å²) in [6.45, 7) is 0.256. The Labute approximate surface area is 135 Å². The van der Waals surface area contributed by atoms with Crippen LogP contribution in [0.2, 0.25) is 0 Å². The fourth-order valence-corrected chi connectivity index (χ4v) is 4.31. The van der Waals surface area contributed by atoms with E-state index in [4.69, 9.17) is 14.2 Å². The van der Waals surface area contributed by atoms with Gasteiger partial charge in [0, 0.05) is 6.54 Å². The van der Waals surface area contributed by atoms with Crippen molar-refractivity contribution in [2.75, 3.05) is 32.8 Å². The van der Waals surface area contributed by atoms with Crippen LogP contribution in [0.4, 0.5) is 0 Å². The molecular weight excluding hydrogens is 322 g/mol. The highest BCUT2D eigenvalue weighted by molar-refractivity contribution is 7.91. The van der Waals surface area contributed by atoms with Crippen molar-refractivity contribution in [3.8, 4) is 17.2 Å². The minimum atomic E-state index is -3.07. The number of ether oxygens (including phenoxy) is 3. The molecule has 1 fully saturated rings. The molecule has 1 N–H and O–H groups in total. The first-order valence-corrected chi connectivity index (χ1v) is 8.99. The van der Waals surface area contributed by atoms with Crippen LogP contribution in [0.25, 0.3) is 0 Å². The van der Waals surface area contributed by atoms with E-state index in [9.17, 15) is 13.2 Å². The molecule has 0 aliphatic carbocycles. The molecule has 0 radical (unpaired) electrons. The molecule has 0 unspecified atom stereocenters. The average Bonchev–Trinajstić information content (AvgIpc) is 2.91. The molecule has 1 aromatic rings. The van der Waals surface area contributed by atoms with E-state index in [0.717, 1.165) is 5.56 Å². The van der Waals surface area contributed by atoms with E-state index in [1.165, 1.54) is 21.3 Å². The zero-order valence-electron chi connectivity index (χ0n) is 13.4. The standard InChI is InChI=1S/C15H21NO6S/c1-20-12-6-10(7-13(21-2)14(12)22-3)8-16-15(17)11-4-5-23(18,19)9-11/h6-7,11H,4-5,8-9H2,1-3H3,(H,16,17)/t11-/m0/s1. The number of benzene rings is 1. The van der Waals surface area contributed by atoms with Gasteiger partial charge in [-0.2, -0.15) is 0 Å². The summed E-state index contributed by atoms with van der Waals surface area (Å²) >= 11 is 0. The molecule has 1 saturated heterocycles. The molecule has 0 bridgehead atoms. The molecule has 128 valence electrons. The van der Waals surface area contributed by atoms with Crippen molar-refractivity contribution < 1.29 is 27.4 Å². The van der Waals surface area contributed by atoms with Crippen LogP contribution in [-0.2, 0) is 21.2 Å². The summed E-state index contributed by atoms with van der Waals surface area (Å²) in [4.78, 5) is 12.1. The van der Waals surface area contributed by atoms with Gasteiger partial charge in [-0.3, -0.25) is 4.79 Å². The van der Waals surface area contributed by atoms with E-state index >= 15 is 0 Å². The molecule has 1 heterocycles. The van der Waals surface area contributed by atoms with Gasteiger partial charge in [0.15, 0.2) is 21.3 Å². The summed E-state index contributed by atoms with van der Waals surface area (Å²) in [7, 11) is 1.48. The van der Waals surface area contributed by atoms with E-state index in [-0.39, 0.29) is 24.0 Å². The van der Waals surface area contributed by atoms with Gasteiger partial charge in [-0.1, -0.05) is 0 Å². The number of hydrogen-bond donors (Lipinski definition) is 1. The zero-order valence-corrected chi connectivity index (χ0v) is 14.2. The lowest BCUT2D eigenvalue weighted by atomic mass is 10.1. The lowest BCUT2D eigenvalue weighted by Gasteiger charge is -2.15. The van der Waals surface area contributed by atoms with Gasteiger partial charge in [0.1, 0.15) is 0 Å². The number of nitrogens with one attached hydrogen (secondary N) is 1. The number of sulfone groups is 1. The average molecular weight is 343 g/mol. The fraction of sp³-hybridized carbons (Fsp3) is 0.533. The summed E-state index contributed by atoms with van der Waals surface area (Å²) in [5, 5.41) is 2.76. The number of rotatable bonds is 6. The quantitative estimate of drug-likeness (QED) is 0.820. The van der Waals surface area contributed by atoms with Crippen molar-refractivity contribution in [1.82, 2.24) is 5.32 Å². The van der Waals surface area contributed by atoms with Crippen LogP contribution >= 0.6 is 0 Å². The molecule has 1 aromatic carbocycles. The van der Waals surface area contributed by atoms with Crippen molar-refractivity contribution in [2.45, 2.75) is 13.0 Å². The maximum atomic E-state index is 12.1. The Hall–Kier alpha value is -1.96. The van der Waals surface area contributed by atoms with E-state index in [1.54, 1.807) is 12.1 Å². The number of hydrogen-bond acceptors (Lipinski definition) is 6. The van der Waals surface area contributed by atoms with Gasteiger partial charge in [-0.25, -0.2) is 8.42 Å². The van der Waals surface area contributed by atoms with Gasteiger partial charge in [-0.05, 0) is 24.1 Å². The highest BCUT2D eigenvalue weighted by Crippen LogP contribution is 2.38. The van der Waals surface area contributed by atoms with Gasteiger partial charge >= 0.3 is 0 Å². The van der Waals surface area contributed by atoms with Gasteiger partial charge in [0.25, 0.3) is 0 Å². The van der Waals surface area contributed by atoms with Crippen molar-refractivity contribution in [1.29, 1.82) is 0 Å². The summed E-state index contributed by atoms with van der Waals surface area (Å²) < 4.78 is 38.6. The Morgan fingerprint density at radius 2 is 1.78 bits per heavy atom. The maximum Gasteiger partial charge on any atom is 0.224 e. The normalized spacial score (nSPS) is 19.2. The molecular formula is C15H21NO6S. The molecule has 1 atom stereocenters. The van der Waals surface area contributed by atoms with Gasteiger partial charge in [-0.15, -0.1) is 0 Å². The molecule has 0 spiro atoms. The number of carbonyl (C=O) groups excluding carboxylic acids is 1. The van der Waals surface area contributed by atoms with E-state index in [1.807, 2.05) is 0 Å². The zero-order chi connectivity index (χ0) is 17.0. The lowest BCUT2D eigenvalue weighted by molar-refractivity contribution is -0.124. The second kappa shape index (κ2) is 7.08. The first-order valence-electron chi connectivity index (χ1n) is 7.17. The molecule has 0 saturated carbocycles. The van der Waals surface area contributed by atoms with Crippen LogP contribution in [0.15, 0.2) is 12.1 Å². The highest BCUT2D eigenvalue weighted by Gasteiger charge is 2.32. The number of carbonyl (C=O) groups is 1. The molecule has 1 aliphatic rings. The SMILES string of the molecule is COc1cc(CNC(=O)[C@H]2CCS(=O)(=O)C2)cc(OC)c1OC. The summed E-state index contributed by atoms with van der Waals surface area (Å²) in [5.41, 5.74) is 0.772. The third kappa shape index (κ3) is 4.07. The molecule has 0 aromatic heterocycles. The van der Waals surface area contributed by atoms with Gasteiger partial charge in [0.05, 0.1) is 38.8 Å². The molecule has 23 heavy (non-hydrogen) atoms. The van der Waals surface area contributed by atoms with E-state index in [0.29, 0.717) is 23.7 Å². The summed E-state index contributed by atoms with van der Waals surface area (Å²) in [6, 6.07) is 3.49. The van der Waals surface area contributed by atoms with E-state index < -0.39 is 15.8 Å². The number of methoxy groups -OCH3 is 3. The largest absolute Gasteiger partial charge is 0.493 e. The Morgan fingerprint density at radius 1 is 1.17 bits per heavy atom. The third-order valence-corrected chi connectivity index (χ3v) is 5.56. The monoisotopic (exact) mass is 343 g/mol. The van der Waals surface area contributed by atoms with Crippen LogP contribution in [0.3, 0.4) is 0 Å². The summed E-state index contributed by atoms with van der Waals surface area (Å²) in [6.07, 6.45) is 0.378. The van der Waals surface area contributed by atoms with Gasteiger partial charge < -0.3 is 19.5 Å². The number of amides is 1. The molecule has 1 aliphatic heterocycles. The second-order valence-electron chi connectivity index (χ2n) is 5.35. The Kier molecular flexibility index (Phi) is 5.35. The Morgan fingerprint density at radius 3 is 2.22 bits per heavy atom. The minimum Gasteiger partial charge on any atom is -0.493 e. The van der Waals surface area contributed by atoms with Crippen molar-refractivity contribution in [2.24, 2.45) is 5.92 Å². The third-order valence-electron chi connectivity index (χ3n) is 3.79. The molecule has 1 amide bonds. The predicted molar refractivity (Wildman–Crippen MR) is 84.7 cm³/mol. The van der Waals surface area contributed by atoms with Crippen LogP contribution in [0, 0.1) is 5.92 Å². The van der Waals surface area contributed by atoms with Crippen LogP contribution in [0.5, 0.6) is 17.2 Å². The lowest BCUT2D eigenvalue weighted by Crippen LogP contribution is -2.30.